The highest BCUT2D eigenvalue weighted by Crippen LogP contribution is 2.27. The maximum Gasteiger partial charge on any atom is 0.273 e. The van der Waals surface area contributed by atoms with Gasteiger partial charge in [-0.25, -0.2) is 9.67 Å². The van der Waals surface area contributed by atoms with Crippen molar-refractivity contribution in [3.05, 3.63) is 40.5 Å². The average Bonchev–Trinajstić information content (AvgIpc) is 2.91. The van der Waals surface area contributed by atoms with Crippen LogP contribution in [-0.4, -0.2) is 44.0 Å². The number of non-ortho nitro benzene ring substituents is 1. The molecule has 0 aliphatic rings. The molecular formula is C13H17N5O4. The molecule has 0 unspecified atom stereocenters. The van der Waals surface area contributed by atoms with Gasteiger partial charge in [0.15, 0.2) is 5.75 Å². The molecule has 0 spiro atoms. The lowest BCUT2D eigenvalue weighted by Gasteiger charge is -2.14. The molecule has 0 aliphatic carbocycles. The summed E-state index contributed by atoms with van der Waals surface area (Å²) in [5, 5.41) is 24.7. The van der Waals surface area contributed by atoms with E-state index < -0.39 is 11.0 Å². The number of aliphatic hydroxyl groups excluding tert-OH is 1. The lowest BCUT2D eigenvalue weighted by molar-refractivity contribution is -0.384. The van der Waals surface area contributed by atoms with Crippen molar-refractivity contribution in [1.82, 2.24) is 14.8 Å². The first-order valence-electron chi connectivity index (χ1n) is 6.69. The fourth-order valence-electron chi connectivity index (χ4n) is 1.84. The Balaban J connectivity index is 2.30. The van der Waals surface area contributed by atoms with Gasteiger partial charge in [0.05, 0.1) is 17.1 Å². The van der Waals surface area contributed by atoms with Gasteiger partial charge < -0.3 is 15.6 Å². The van der Waals surface area contributed by atoms with E-state index in [4.69, 9.17) is 10.5 Å². The Kier molecular flexibility index (Phi) is 5.02. The van der Waals surface area contributed by atoms with Gasteiger partial charge in [0.25, 0.3) is 5.69 Å². The number of benzene rings is 1. The molecule has 1 aromatic carbocycles. The summed E-state index contributed by atoms with van der Waals surface area (Å²) in [5.74, 6) is 0.808. The van der Waals surface area contributed by atoms with Crippen LogP contribution < -0.4 is 10.5 Å². The summed E-state index contributed by atoms with van der Waals surface area (Å²) in [5.41, 5.74) is 5.76. The van der Waals surface area contributed by atoms with Crippen molar-refractivity contribution < 1.29 is 14.8 Å². The first-order valence-corrected chi connectivity index (χ1v) is 6.69. The molecular weight excluding hydrogens is 290 g/mol. The highest BCUT2D eigenvalue weighted by molar-refractivity contribution is 5.52. The molecule has 0 fully saturated rings. The molecule has 2 rings (SSSR count). The van der Waals surface area contributed by atoms with Crippen molar-refractivity contribution in [2.24, 2.45) is 5.73 Å². The number of nitro groups is 1. The molecule has 1 atom stereocenters. The van der Waals surface area contributed by atoms with Gasteiger partial charge in [0, 0.05) is 6.07 Å². The van der Waals surface area contributed by atoms with Crippen molar-refractivity contribution in [2.75, 3.05) is 13.2 Å². The summed E-state index contributed by atoms with van der Waals surface area (Å²) in [6.07, 6.45) is 1.13. The van der Waals surface area contributed by atoms with Crippen molar-refractivity contribution in [2.45, 2.75) is 19.4 Å². The minimum atomic E-state index is -0.741. The monoisotopic (exact) mass is 307 g/mol. The number of ether oxygens (including phenoxy) is 1. The lowest BCUT2D eigenvalue weighted by atomic mass is 10.2. The first-order chi connectivity index (χ1) is 10.5. The predicted molar refractivity (Wildman–Crippen MR) is 77.9 cm³/mol. The SMILES string of the molecule is Cc1ncn(-c2ccc([N+](=O)[O-])cc2OC[C@H](O)CCN)n1. The molecule has 0 radical (unpaired) electrons. The van der Waals surface area contributed by atoms with E-state index in [0.717, 1.165) is 0 Å². The largest absolute Gasteiger partial charge is 0.488 e. The van der Waals surface area contributed by atoms with Gasteiger partial charge in [-0.2, -0.15) is 5.10 Å². The Hall–Kier alpha value is -2.52. The Morgan fingerprint density at radius 2 is 2.32 bits per heavy atom. The standard InChI is InChI=1S/C13H17N5O4/c1-9-15-8-17(16-9)12-3-2-10(18(20)21)6-13(12)22-7-11(19)4-5-14/h2-3,6,8,11,19H,4-5,7,14H2,1H3/t11-/m1/s1. The molecule has 0 amide bonds. The van der Waals surface area contributed by atoms with Crippen molar-refractivity contribution in [3.63, 3.8) is 0 Å². The summed E-state index contributed by atoms with van der Waals surface area (Å²) in [4.78, 5) is 14.4. The van der Waals surface area contributed by atoms with Crippen LogP contribution in [0.5, 0.6) is 5.75 Å². The molecule has 0 aliphatic heterocycles. The average molecular weight is 307 g/mol. The molecule has 0 saturated carbocycles. The fraction of sp³-hybridized carbons (Fsp3) is 0.385. The van der Waals surface area contributed by atoms with E-state index in [9.17, 15) is 15.2 Å². The summed E-state index contributed by atoms with van der Waals surface area (Å²) in [6.45, 7) is 2.04. The number of aliphatic hydroxyl groups is 1. The second-order valence-corrected chi connectivity index (χ2v) is 4.69. The van der Waals surface area contributed by atoms with E-state index >= 15 is 0 Å². The number of nitrogens with zero attached hydrogens (tertiary/aromatic N) is 4. The molecule has 22 heavy (non-hydrogen) atoms. The fourth-order valence-corrected chi connectivity index (χ4v) is 1.84. The predicted octanol–water partition coefficient (Wildman–Crippen LogP) is 0.572. The normalized spacial score (nSPS) is 12.1. The minimum absolute atomic E-state index is 0.0148. The van der Waals surface area contributed by atoms with Crippen LogP contribution in [0.2, 0.25) is 0 Å². The summed E-state index contributed by atoms with van der Waals surface area (Å²) in [6, 6.07) is 4.17. The van der Waals surface area contributed by atoms with Gasteiger partial charge >= 0.3 is 0 Å². The molecule has 1 heterocycles. The molecule has 2 aromatic rings. The van der Waals surface area contributed by atoms with Crippen molar-refractivity contribution >= 4 is 5.69 Å². The van der Waals surface area contributed by atoms with E-state index in [1.807, 2.05) is 0 Å². The third kappa shape index (κ3) is 3.77. The van der Waals surface area contributed by atoms with Crippen LogP contribution in [0, 0.1) is 17.0 Å². The Bertz CT molecular complexity index is 658. The topological polar surface area (TPSA) is 129 Å². The second-order valence-electron chi connectivity index (χ2n) is 4.69. The zero-order valence-electron chi connectivity index (χ0n) is 12.0. The number of hydrogen-bond donors (Lipinski definition) is 2. The Labute approximate surface area is 126 Å². The van der Waals surface area contributed by atoms with Gasteiger partial charge in [-0.15, -0.1) is 0 Å². The van der Waals surface area contributed by atoms with Gasteiger partial charge in [-0.1, -0.05) is 0 Å². The van der Waals surface area contributed by atoms with E-state index in [1.165, 1.54) is 29.2 Å². The maximum atomic E-state index is 10.9. The van der Waals surface area contributed by atoms with Crippen LogP contribution in [0.1, 0.15) is 12.2 Å². The highest BCUT2D eigenvalue weighted by Gasteiger charge is 2.15. The minimum Gasteiger partial charge on any atom is -0.488 e. The third-order valence-corrected chi connectivity index (χ3v) is 2.94. The van der Waals surface area contributed by atoms with E-state index in [2.05, 4.69) is 10.1 Å². The molecule has 1 aromatic heterocycles. The molecule has 9 heteroatoms. The zero-order valence-corrected chi connectivity index (χ0v) is 12.0. The second kappa shape index (κ2) is 6.96. The molecule has 3 N–H and O–H groups in total. The van der Waals surface area contributed by atoms with E-state index in [1.54, 1.807) is 6.92 Å². The van der Waals surface area contributed by atoms with Crippen molar-refractivity contribution in [3.8, 4) is 11.4 Å². The zero-order chi connectivity index (χ0) is 16.1. The van der Waals surface area contributed by atoms with Crippen LogP contribution in [0.3, 0.4) is 0 Å². The van der Waals surface area contributed by atoms with Gasteiger partial charge in [-0.3, -0.25) is 10.1 Å². The molecule has 9 nitrogen and oxygen atoms in total. The lowest BCUT2D eigenvalue weighted by Crippen LogP contribution is -2.21. The number of aromatic nitrogens is 3. The van der Waals surface area contributed by atoms with E-state index in [0.29, 0.717) is 24.5 Å². The van der Waals surface area contributed by atoms with Crippen LogP contribution in [0.25, 0.3) is 5.69 Å². The Morgan fingerprint density at radius 3 is 2.91 bits per heavy atom. The highest BCUT2D eigenvalue weighted by atomic mass is 16.6. The van der Waals surface area contributed by atoms with Crippen molar-refractivity contribution in [1.29, 1.82) is 0 Å². The number of aryl methyl sites for hydroxylation is 1. The quantitative estimate of drug-likeness (QED) is 0.565. The summed E-state index contributed by atoms with van der Waals surface area (Å²) < 4.78 is 6.97. The maximum absolute atomic E-state index is 10.9. The number of hydrogen-bond acceptors (Lipinski definition) is 7. The first kappa shape index (κ1) is 15.9. The number of nitrogens with two attached hydrogens (primary N) is 1. The van der Waals surface area contributed by atoms with Crippen LogP contribution in [0.4, 0.5) is 5.69 Å². The number of rotatable bonds is 7. The van der Waals surface area contributed by atoms with Crippen LogP contribution in [0.15, 0.2) is 24.5 Å². The molecule has 0 bridgehead atoms. The van der Waals surface area contributed by atoms with Gasteiger partial charge in [-0.05, 0) is 26.0 Å². The third-order valence-electron chi connectivity index (χ3n) is 2.94. The molecule has 118 valence electrons. The van der Waals surface area contributed by atoms with Crippen LogP contribution >= 0.6 is 0 Å². The smallest absolute Gasteiger partial charge is 0.273 e. The number of nitro benzene ring substituents is 1. The Morgan fingerprint density at radius 1 is 1.55 bits per heavy atom. The summed E-state index contributed by atoms with van der Waals surface area (Å²) in [7, 11) is 0. The summed E-state index contributed by atoms with van der Waals surface area (Å²) >= 11 is 0. The molecule has 0 saturated heterocycles. The van der Waals surface area contributed by atoms with E-state index in [-0.39, 0.29) is 18.0 Å². The van der Waals surface area contributed by atoms with Gasteiger partial charge in [0.2, 0.25) is 0 Å². The van der Waals surface area contributed by atoms with Crippen LogP contribution in [-0.2, 0) is 0 Å². The van der Waals surface area contributed by atoms with Gasteiger partial charge in [0.1, 0.15) is 24.4 Å².